The van der Waals surface area contributed by atoms with Crippen LogP contribution in [0.4, 0.5) is 5.69 Å². The second-order valence-electron chi connectivity index (χ2n) is 4.56. The highest BCUT2D eigenvalue weighted by molar-refractivity contribution is 9.10. The minimum absolute atomic E-state index is 0.263. The van der Waals surface area contributed by atoms with E-state index in [0.29, 0.717) is 21.7 Å². The van der Waals surface area contributed by atoms with Crippen LogP contribution in [0.2, 0.25) is 0 Å². The number of methoxy groups -OCH3 is 1. The summed E-state index contributed by atoms with van der Waals surface area (Å²) in [5.41, 5.74) is 0.886. The molecule has 0 aliphatic rings. The number of rotatable bonds is 4. The monoisotopic (exact) mass is 373 g/mol. The van der Waals surface area contributed by atoms with Crippen LogP contribution in [0.1, 0.15) is 10.5 Å². The highest BCUT2D eigenvalue weighted by atomic mass is 79.9. The molecule has 1 N–H and O–H groups in total. The standard InChI is InChI=1S/C15H12BrN5O2/c1-23-11-4-2-3-10(7-11)19-15(22)14-12(16)5-6-13(20-14)21-8-17-18-9-21/h2-9H,1H3,(H,19,22). The lowest BCUT2D eigenvalue weighted by Crippen LogP contribution is -2.15. The van der Waals surface area contributed by atoms with Crippen LogP contribution in [0.15, 0.2) is 53.5 Å². The van der Waals surface area contributed by atoms with Gasteiger partial charge in [0.25, 0.3) is 5.91 Å². The number of benzene rings is 1. The molecule has 0 fully saturated rings. The lowest BCUT2D eigenvalue weighted by molar-refractivity contribution is 0.102. The molecule has 1 aromatic carbocycles. The first kappa shape index (κ1) is 15.2. The molecule has 7 nitrogen and oxygen atoms in total. The summed E-state index contributed by atoms with van der Waals surface area (Å²) in [7, 11) is 1.57. The number of carbonyl (C=O) groups excluding carboxylic acids is 1. The average molecular weight is 374 g/mol. The minimum Gasteiger partial charge on any atom is -0.497 e. The number of hydrogen-bond acceptors (Lipinski definition) is 5. The van der Waals surface area contributed by atoms with Crippen molar-refractivity contribution in [3.63, 3.8) is 0 Å². The summed E-state index contributed by atoms with van der Waals surface area (Å²) >= 11 is 3.35. The van der Waals surface area contributed by atoms with Gasteiger partial charge in [0.05, 0.1) is 7.11 Å². The van der Waals surface area contributed by atoms with Gasteiger partial charge in [-0.25, -0.2) is 4.98 Å². The van der Waals surface area contributed by atoms with E-state index in [1.54, 1.807) is 48.1 Å². The number of carbonyl (C=O) groups is 1. The van der Waals surface area contributed by atoms with Gasteiger partial charge in [0.2, 0.25) is 0 Å². The Labute approximate surface area is 140 Å². The quantitative estimate of drug-likeness (QED) is 0.760. The van der Waals surface area contributed by atoms with Gasteiger partial charge in [0, 0.05) is 16.2 Å². The fourth-order valence-electron chi connectivity index (χ4n) is 1.95. The maximum Gasteiger partial charge on any atom is 0.275 e. The maximum atomic E-state index is 12.5. The number of nitrogens with zero attached hydrogens (tertiary/aromatic N) is 4. The SMILES string of the molecule is COc1cccc(NC(=O)c2nc(-n3cnnc3)ccc2Br)c1. The van der Waals surface area contributed by atoms with Crippen LogP contribution >= 0.6 is 15.9 Å². The molecule has 0 unspecified atom stereocenters. The highest BCUT2D eigenvalue weighted by Gasteiger charge is 2.14. The van der Waals surface area contributed by atoms with Gasteiger partial charge >= 0.3 is 0 Å². The van der Waals surface area contributed by atoms with Gasteiger partial charge in [-0.15, -0.1) is 10.2 Å². The number of halogens is 1. The summed E-state index contributed by atoms with van der Waals surface area (Å²) in [5.74, 6) is 0.877. The predicted octanol–water partition coefficient (Wildman–Crippen LogP) is 2.69. The van der Waals surface area contributed by atoms with Crippen molar-refractivity contribution in [2.75, 3.05) is 12.4 Å². The molecule has 0 radical (unpaired) electrons. The molecule has 1 amide bonds. The first-order valence-corrected chi connectivity index (χ1v) is 7.43. The first-order chi connectivity index (χ1) is 11.2. The van der Waals surface area contributed by atoms with E-state index in [-0.39, 0.29) is 11.6 Å². The maximum absolute atomic E-state index is 12.5. The van der Waals surface area contributed by atoms with E-state index >= 15 is 0 Å². The van der Waals surface area contributed by atoms with Gasteiger partial charge in [0.1, 0.15) is 29.9 Å². The molecule has 2 aromatic heterocycles. The van der Waals surface area contributed by atoms with Gasteiger partial charge in [-0.2, -0.15) is 0 Å². The Kier molecular flexibility index (Phi) is 4.33. The van der Waals surface area contributed by atoms with E-state index in [1.807, 2.05) is 0 Å². The third-order valence-electron chi connectivity index (χ3n) is 3.06. The van der Waals surface area contributed by atoms with Crippen molar-refractivity contribution in [1.82, 2.24) is 19.7 Å². The zero-order valence-electron chi connectivity index (χ0n) is 12.1. The Morgan fingerprint density at radius 2 is 2.00 bits per heavy atom. The van der Waals surface area contributed by atoms with Gasteiger partial charge in [-0.1, -0.05) is 6.07 Å². The summed E-state index contributed by atoms with van der Waals surface area (Å²) in [6.07, 6.45) is 3.03. The normalized spacial score (nSPS) is 10.3. The third-order valence-corrected chi connectivity index (χ3v) is 3.70. The largest absolute Gasteiger partial charge is 0.497 e. The number of anilines is 1. The molecule has 0 saturated carbocycles. The molecule has 0 aliphatic carbocycles. The zero-order valence-corrected chi connectivity index (χ0v) is 13.7. The molecular formula is C15H12BrN5O2. The Balaban J connectivity index is 1.88. The highest BCUT2D eigenvalue weighted by Crippen LogP contribution is 2.21. The van der Waals surface area contributed by atoms with Crippen molar-refractivity contribution in [3.05, 3.63) is 59.2 Å². The molecule has 116 valence electrons. The Hall–Kier alpha value is -2.74. The van der Waals surface area contributed by atoms with E-state index in [2.05, 4.69) is 36.4 Å². The molecule has 3 rings (SSSR count). The smallest absolute Gasteiger partial charge is 0.275 e. The predicted molar refractivity (Wildman–Crippen MR) is 87.8 cm³/mol. The van der Waals surface area contributed by atoms with E-state index in [9.17, 15) is 4.79 Å². The first-order valence-electron chi connectivity index (χ1n) is 6.64. The molecule has 0 saturated heterocycles. The zero-order chi connectivity index (χ0) is 16.2. The van der Waals surface area contributed by atoms with Crippen LogP contribution in [0, 0.1) is 0 Å². The fraction of sp³-hybridized carbons (Fsp3) is 0.0667. The topological polar surface area (TPSA) is 81.9 Å². The molecule has 8 heteroatoms. The number of hydrogen-bond donors (Lipinski definition) is 1. The van der Waals surface area contributed by atoms with Crippen LogP contribution in [0.25, 0.3) is 5.82 Å². The van der Waals surface area contributed by atoms with E-state index < -0.39 is 0 Å². The number of amides is 1. The lowest BCUT2D eigenvalue weighted by Gasteiger charge is -2.09. The van der Waals surface area contributed by atoms with Gasteiger partial charge in [-0.05, 0) is 40.2 Å². The molecule has 0 bridgehead atoms. The number of nitrogens with one attached hydrogen (secondary N) is 1. The van der Waals surface area contributed by atoms with Crippen molar-refractivity contribution < 1.29 is 9.53 Å². The molecule has 0 spiro atoms. The number of aromatic nitrogens is 4. The van der Waals surface area contributed by atoms with Crippen LogP contribution in [-0.4, -0.2) is 32.8 Å². The van der Waals surface area contributed by atoms with E-state index in [1.165, 1.54) is 12.7 Å². The minimum atomic E-state index is -0.333. The van der Waals surface area contributed by atoms with Crippen molar-refractivity contribution in [2.45, 2.75) is 0 Å². The summed E-state index contributed by atoms with van der Waals surface area (Å²) in [6.45, 7) is 0. The molecule has 2 heterocycles. The van der Waals surface area contributed by atoms with Gasteiger partial charge in [0.15, 0.2) is 0 Å². The van der Waals surface area contributed by atoms with Crippen LogP contribution in [0.5, 0.6) is 5.75 Å². The summed E-state index contributed by atoms with van der Waals surface area (Å²) < 4.78 is 7.35. The van der Waals surface area contributed by atoms with E-state index in [4.69, 9.17) is 4.74 Å². The number of ether oxygens (including phenoxy) is 1. The Morgan fingerprint density at radius 1 is 1.22 bits per heavy atom. The van der Waals surface area contributed by atoms with Gasteiger partial charge < -0.3 is 10.1 Å². The van der Waals surface area contributed by atoms with E-state index in [0.717, 1.165) is 0 Å². The summed E-state index contributed by atoms with van der Waals surface area (Å²) in [4.78, 5) is 16.8. The summed E-state index contributed by atoms with van der Waals surface area (Å²) in [5, 5.41) is 10.3. The second-order valence-corrected chi connectivity index (χ2v) is 5.41. The average Bonchev–Trinajstić information content (AvgIpc) is 3.10. The lowest BCUT2D eigenvalue weighted by atomic mass is 10.2. The van der Waals surface area contributed by atoms with Crippen molar-refractivity contribution >= 4 is 27.5 Å². The molecule has 3 aromatic rings. The fourth-order valence-corrected chi connectivity index (χ4v) is 2.35. The van der Waals surface area contributed by atoms with Crippen molar-refractivity contribution in [3.8, 4) is 11.6 Å². The van der Waals surface area contributed by atoms with Crippen LogP contribution < -0.4 is 10.1 Å². The third kappa shape index (κ3) is 3.37. The number of pyridine rings is 1. The van der Waals surface area contributed by atoms with Crippen LogP contribution in [0.3, 0.4) is 0 Å². The molecule has 0 atom stereocenters. The Bertz CT molecular complexity index is 836. The molecule has 0 aliphatic heterocycles. The van der Waals surface area contributed by atoms with Crippen LogP contribution in [-0.2, 0) is 0 Å². The molecular weight excluding hydrogens is 362 g/mol. The van der Waals surface area contributed by atoms with Crippen molar-refractivity contribution in [2.24, 2.45) is 0 Å². The van der Waals surface area contributed by atoms with Gasteiger partial charge in [-0.3, -0.25) is 9.36 Å². The Morgan fingerprint density at radius 3 is 2.74 bits per heavy atom. The molecule has 23 heavy (non-hydrogen) atoms. The second kappa shape index (κ2) is 6.57. The summed E-state index contributed by atoms with van der Waals surface area (Å²) in [6, 6.07) is 10.6. The van der Waals surface area contributed by atoms with Crippen molar-refractivity contribution in [1.29, 1.82) is 0 Å².